The lowest BCUT2D eigenvalue weighted by Gasteiger charge is -2.11. The summed E-state index contributed by atoms with van der Waals surface area (Å²) in [5, 5.41) is 9.23. The predicted molar refractivity (Wildman–Crippen MR) is 78.7 cm³/mol. The summed E-state index contributed by atoms with van der Waals surface area (Å²) in [5.74, 6) is 0.789. The molecule has 1 spiro atoms. The van der Waals surface area contributed by atoms with Gasteiger partial charge in [-0.3, -0.25) is 4.79 Å². The van der Waals surface area contributed by atoms with Gasteiger partial charge in [-0.1, -0.05) is 24.3 Å². The van der Waals surface area contributed by atoms with Crippen molar-refractivity contribution in [3.8, 4) is 11.5 Å². The number of hydrogen-bond acceptors (Lipinski definition) is 2. The largest absolute Gasteiger partial charge is 0.481 e. The molecule has 1 saturated carbocycles. The number of fused-ring (bicyclic) bond motifs is 2. The van der Waals surface area contributed by atoms with E-state index in [-0.39, 0.29) is 11.3 Å². The van der Waals surface area contributed by atoms with Crippen LogP contribution in [0.1, 0.15) is 24.0 Å². The van der Waals surface area contributed by atoms with E-state index in [4.69, 9.17) is 4.74 Å². The Labute approximate surface area is 123 Å². The van der Waals surface area contributed by atoms with E-state index in [1.165, 1.54) is 11.1 Å². The lowest BCUT2D eigenvalue weighted by atomic mass is 9.95. The third-order valence-corrected chi connectivity index (χ3v) is 4.81. The Hall–Kier alpha value is -2.29. The van der Waals surface area contributed by atoms with Gasteiger partial charge >= 0.3 is 5.97 Å². The number of benzene rings is 2. The summed E-state index contributed by atoms with van der Waals surface area (Å²) in [6.45, 7) is 0. The second kappa shape index (κ2) is 4.35. The van der Waals surface area contributed by atoms with Crippen LogP contribution in [0.2, 0.25) is 0 Å². The van der Waals surface area contributed by atoms with E-state index < -0.39 is 5.97 Å². The number of rotatable bonds is 3. The summed E-state index contributed by atoms with van der Waals surface area (Å²) < 4.78 is 5.85. The van der Waals surface area contributed by atoms with E-state index in [9.17, 15) is 9.90 Å². The first-order valence-corrected chi connectivity index (χ1v) is 7.28. The Kier molecular flexibility index (Phi) is 2.58. The summed E-state index contributed by atoms with van der Waals surface area (Å²) in [6, 6.07) is 15.8. The maximum atomic E-state index is 11.2. The van der Waals surface area contributed by atoms with Crippen LogP contribution in [0, 0.1) is 5.92 Å². The Morgan fingerprint density at radius 2 is 1.95 bits per heavy atom. The minimum absolute atomic E-state index is 0.0908. The number of para-hydroxylation sites is 1. The number of hydrogen-bond donors (Lipinski definition) is 1. The number of carboxylic acid groups (broad SMARTS) is 1. The molecule has 21 heavy (non-hydrogen) atoms. The summed E-state index contributed by atoms with van der Waals surface area (Å²) in [7, 11) is 0. The van der Waals surface area contributed by atoms with Crippen molar-refractivity contribution >= 4 is 5.97 Å². The van der Waals surface area contributed by atoms with Crippen molar-refractivity contribution in [2.24, 2.45) is 5.92 Å². The highest BCUT2D eigenvalue weighted by molar-refractivity contribution is 5.78. The van der Waals surface area contributed by atoms with Crippen LogP contribution in [-0.4, -0.2) is 11.1 Å². The number of aliphatic carboxylic acids is 1. The molecular weight excluding hydrogens is 264 g/mol. The SMILES string of the molecule is O=C(O)C1CC12CCc1cc(Oc3ccccc3)ccc12. The third-order valence-electron chi connectivity index (χ3n) is 4.81. The highest BCUT2D eigenvalue weighted by Gasteiger charge is 2.61. The molecule has 0 bridgehead atoms. The molecule has 0 radical (unpaired) electrons. The Morgan fingerprint density at radius 1 is 1.14 bits per heavy atom. The average molecular weight is 280 g/mol. The maximum Gasteiger partial charge on any atom is 0.307 e. The van der Waals surface area contributed by atoms with Gasteiger partial charge in [-0.2, -0.15) is 0 Å². The molecule has 4 rings (SSSR count). The summed E-state index contributed by atoms with van der Waals surface area (Å²) in [4.78, 5) is 11.2. The van der Waals surface area contributed by atoms with Crippen LogP contribution >= 0.6 is 0 Å². The Morgan fingerprint density at radius 3 is 2.67 bits per heavy atom. The first-order valence-electron chi connectivity index (χ1n) is 7.28. The van der Waals surface area contributed by atoms with Gasteiger partial charge in [0.25, 0.3) is 0 Å². The molecule has 1 N–H and O–H groups in total. The fourth-order valence-corrected chi connectivity index (χ4v) is 3.65. The van der Waals surface area contributed by atoms with E-state index in [0.29, 0.717) is 0 Å². The molecule has 2 aromatic carbocycles. The molecule has 2 aliphatic carbocycles. The van der Waals surface area contributed by atoms with Crippen LogP contribution in [0.3, 0.4) is 0 Å². The van der Waals surface area contributed by atoms with E-state index in [0.717, 1.165) is 30.8 Å². The standard InChI is InChI=1S/C18H16O3/c19-17(20)16-11-18(16)9-8-12-10-14(6-7-15(12)18)21-13-4-2-1-3-5-13/h1-7,10,16H,8-9,11H2,(H,19,20). The Balaban J connectivity index is 1.61. The monoisotopic (exact) mass is 280 g/mol. The van der Waals surface area contributed by atoms with E-state index >= 15 is 0 Å². The number of carbonyl (C=O) groups is 1. The molecule has 3 nitrogen and oxygen atoms in total. The van der Waals surface area contributed by atoms with Crippen molar-refractivity contribution in [1.29, 1.82) is 0 Å². The second-order valence-electron chi connectivity index (χ2n) is 5.99. The molecule has 2 aliphatic rings. The van der Waals surface area contributed by atoms with E-state index in [1.54, 1.807) is 0 Å². The second-order valence-corrected chi connectivity index (χ2v) is 5.99. The zero-order valence-electron chi connectivity index (χ0n) is 11.6. The van der Waals surface area contributed by atoms with Crippen molar-refractivity contribution < 1.29 is 14.6 Å². The minimum atomic E-state index is -0.660. The van der Waals surface area contributed by atoms with Gasteiger partial charge in [0.1, 0.15) is 11.5 Å². The van der Waals surface area contributed by atoms with Gasteiger partial charge in [0.15, 0.2) is 0 Å². The minimum Gasteiger partial charge on any atom is -0.481 e. The molecule has 106 valence electrons. The molecule has 2 atom stereocenters. The van der Waals surface area contributed by atoms with Gasteiger partial charge in [-0.25, -0.2) is 0 Å². The number of carboxylic acids is 1. The number of aryl methyl sites for hydroxylation is 1. The van der Waals surface area contributed by atoms with Crippen molar-refractivity contribution in [2.45, 2.75) is 24.7 Å². The lowest BCUT2D eigenvalue weighted by molar-refractivity contribution is -0.139. The van der Waals surface area contributed by atoms with Gasteiger partial charge in [-0.15, -0.1) is 0 Å². The summed E-state index contributed by atoms with van der Waals surface area (Å²) in [5.41, 5.74) is 2.37. The van der Waals surface area contributed by atoms with Crippen LogP contribution in [0.5, 0.6) is 11.5 Å². The fourth-order valence-electron chi connectivity index (χ4n) is 3.65. The topological polar surface area (TPSA) is 46.5 Å². The van der Waals surface area contributed by atoms with Gasteiger partial charge in [0.05, 0.1) is 5.92 Å². The number of ether oxygens (including phenoxy) is 1. The van der Waals surface area contributed by atoms with Gasteiger partial charge in [0, 0.05) is 5.41 Å². The van der Waals surface area contributed by atoms with E-state index in [1.807, 2.05) is 36.4 Å². The zero-order chi connectivity index (χ0) is 14.4. The average Bonchev–Trinajstić information content (AvgIpc) is 3.12. The normalized spacial score (nSPS) is 25.6. The van der Waals surface area contributed by atoms with Gasteiger partial charge in [-0.05, 0) is 54.7 Å². The molecule has 0 heterocycles. The molecule has 0 amide bonds. The summed E-state index contributed by atoms with van der Waals surface area (Å²) in [6.07, 6.45) is 2.69. The molecule has 1 fully saturated rings. The van der Waals surface area contributed by atoms with Crippen LogP contribution in [0.25, 0.3) is 0 Å². The molecule has 2 unspecified atom stereocenters. The van der Waals surface area contributed by atoms with E-state index in [2.05, 4.69) is 12.1 Å². The molecule has 3 heteroatoms. The third kappa shape index (κ3) is 1.92. The molecular formula is C18H16O3. The smallest absolute Gasteiger partial charge is 0.307 e. The van der Waals surface area contributed by atoms with Crippen LogP contribution in [0.15, 0.2) is 48.5 Å². The molecule has 0 aliphatic heterocycles. The lowest BCUT2D eigenvalue weighted by Crippen LogP contribution is -2.11. The highest BCUT2D eigenvalue weighted by Crippen LogP contribution is 2.61. The first kappa shape index (κ1) is 12.5. The fraction of sp³-hybridized carbons (Fsp3) is 0.278. The summed E-state index contributed by atoms with van der Waals surface area (Å²) >= 11 is 0. The quantitative estimate of drug-likeness (QED) is 0.931. The molecule has 0 aromatic heterocycles. The van der Waals surface area contributed by atoms with Gasteiger partial charge in [0.2, 0.25) is 0 Å². The molecule has 0 saturated heterocycles. The predicted octanol–water partition coefficient (Wildman–Crippen LogP) is 3.77. The molecule has 2 aromatic rings. The Bertz CT molecular complexity index is 708. The van der Waals surface area contributed by atoms with Gasteiger partial charge < -0.3 is 9.84 Å². The zero-order valence-corrected chi connectivity index (χ0v) is 11.6. The van der Waals surface area contributed by atoms with Crippen molar-refractivity contribution in [3.05, 3.63) is 59.7 Å². The van der Waals surface area contributed by atoms with Crippen molar-refractivity contribution in [1.82, 2.24) is 0 Å². The highest BCUT2D eigenvalue weighted by atomic mass is 16.5. The maximum absolute atomic E-state index is 11.2. The van der Waals surface area contributed by atoms with Crippen molar-refractivity contribution in [2.75, 3.05) is 0 Å². The van der Waals surface area contributed by atoms with Crippen molar-refractivity contribution in [3.63, 3.8) is 0 Å². The van der Waals surface area contributed by atoms with Crippen LogP contribution in [0.4, 0.5) is 0 Å². The van der Waals surface area contributed by atoms with Crippen LogP contribution in [-0.2, 0) is 16.6 Å². The first-order chi connectivity index (χ1) is 10.2. The van der Waals surface area contributed by atoms with Crippen LogP contribution < -0.4 is 4.74 Å².